The second-order valence-corrected chi connectivity index (χ2v) is 4.67. The summed E-state index contributed by atoms with van der Waals surface area (Å²) in [5, 5.41) is 11.1. The molecule has 1 amide bonds. The number of aliphatic hydroxyl groups excluding tert-OH is 1. The number of aromatic amines is 2. The molecule has 0 radical (unpaired) electrons. The number of thioether (sulfide) groups is 1. The standard InChI is InChI=1S/C10H15N3O4S/c14-3-1-4-18-5-2-11-9(16)7-6-8(15)13-10(17)12-7/h6,14H,1-5H2,(H,11,16)(H2,12,13,15,17). The van der Waals surface area contributed by atoms with Crippen LogP contribution in [0.2, 0.25) is 0 Å². The topological polar surface area (TPSA) is 115 Å². The lowest BCUT2D eigenvalue weighted by molar-refractivity contribution is 0.0950. The van der Waals surface area contributed by atoms with E-state index < -0.39 is 17.2 Å². The Morgan fingerprint density at radius 2 is 2.11 bits per heavy atom. The van der Waals surface area contributed by atoms with Crippen molar-refractivity contribution in [2.75, 3.05) is 24.7 Å². The van der Waals surface area contributed by atoms with Gasteiger partial charge in [-0.1, -0.05) is 0 Å². The Kier molecular flexibility index (Phi) is 6.23. The lowest BCUT2D eigenvalue weighted by atomic mass is 10.4. The molecule has 0 atom stereocenters. The van der Waals surface area contributed by atoms with Gasteiger partial charge in [-0.3, -0.25) is 14.6 Å². The van der Waals surface area contributed by atoms with Crippen LogP contribution in [0.15, 0.2) is 15.7 Å². The maximum absolute atomic E-state index is 11.6. The summed E-state index contributed by atoms with van der Waals surface area (Å²) in [6, 6.07) is 1.04. The van der Waals surface area contributed by atoms with Crippen molar-refractivity contribution in [3.05, 3.63) is 32.6 Å². The average Bonchev–Trinajstić information content (AvgIpc) is 2.32. The molecular weight excluding hydrogens is 258 g/mol. The molecule has 0 saturated carbocycles. The van der Waals surface area contributed by atoms with Crippen molar-refractivity contribution in [3.8, 4) is 0 Å². The van der Waals surface area contributed by atoms with Crippen LogP contribution in [-0.2, 0) is 0 Å². The summed E-state index contributed by atoms with van der Waals surface area (Å²) in [5.41, 5.74) is -1.37. The first-order valence-electron chi connectivity index (χ1n) is 5.44. The highest BCUT2D eigenvalue weighted by Crippen LogP contribution is 2.00. The number of aliphatic hydroxyl groups is 1. The molecule has 0 aromatic carbocycles. The normalized spacial score (nSPS) is 10.3. The average molecular weight is 273 g/mol. The monoisotopic (exact) mass is 273 g/mol. The zero-order valence-electron chi connectivity index (χ0n) is 9.69. The largest absolute Gasteiger partial charge is 0.396 e. The quantitative estimate of drug-likeness (QED) is 0.471. The van der Waals surface area contributed by atoms with Crippen molar-refractivity contribution in [2.45, 2.75) is 6.42 Å². The maximum atomic E-state index is 11.6. The van der Waals surface area contributed by atoms with E-state index in [0.29, 0.717) is 12.3 Å². The van der Waals surface area contributed by atoms with Gasteiger partial charge in [0.25, 0.3) is 11.5 Å². The first-order chi connectivity index (χ1) is 8.63. The van der Waals surface area contributed by atoms with Crippen LogP contribution in [0.4, 0.5) is 0 Å². The van der Waals surface area contributed by atoms with E-state index >= 15 is 0 Å². The van der Waals surface area contributed by atoms with Crippen LogP contribution in [0, 0.1) is 0 Å². The smallest absolute Gasteiger partial charge is 0.326 e. The molecule has 0 aliphatic heterocycles. The number of hydrogen-bond acceptors (Lipinski definition) is 5. The van der Waals surface area contributed by atoms with Gasteiger partial charge in [0.05, 0.1) is 0 Å². The van der Waals surface area contributed by atoms with Gasteiger partial charge in [-0.05, 0) is 12.2 Å². The number of amides is 1. The minimum atomic E-state index is -0.704. The molecule has 0 bridgehead atoms. The van der Waals surface area contributed by atoms with Gasteiger partial charge in [-0.25, -0.2) is 4.79 Å². The predicted octanol–water partition coefficient (Wildman–Crippen LogP) is -1.09. The minimum absolute atomic E-state index is 0.0518. The van der Waals surface area contributed by atoms with Gasteiger partial charge in [0.15, 0.2) is 0 Å². The molecule has 1 rings (SSSR count). The van der Waals surface area contributed by atoms with E-state index in [4.69, 9.17) is 5.11 Å². The Morgan fingerprint density at radius 1 is 1.33 bits per heavy atom. The third kappa shape index (κ3) is 5.19. The third-order valence-corrected chi connectivity index (χ3v) is 3.05. The molecule has 7 nitrogen and oxygen atoms in total. The summed E-state index contributed by atoms with van der Waals surface area (Å²) in [6.45, 7) is 0.594. The highest BCUT2D eigenvalue weighted by Gasteiger charge is 2.06. The van der Waals surface area contributed by atoms with Crippen molar-refractivity contribution in [1.82, 2.24) is 15.3 Å². The lowest BCUT2D eigenvalue weighted by Gasteiger charge is -2.04. The number of aromatic nitrogens is 2. The lowest BCUT2D eigenvalue weighted by Crippen LogP contribution is -2.32. The number of carbonyl (C=O) groups excluding carboxylic acids is 1. The van der Waals surface area contributed by atoms with Crippen molar-refractivity contribution in [2.24, 2.45) is 0 Å². The molecule has 1 aromatic rings. The van der Waals surface area contributed by atoms with Gasteiger partial charge in [-0.2, -0.15) is 11.8 Å². The van der Waals surface area contributed by atoms with Crippen LogP contribution in [0.5, 0.6) is 0 Å². The van der Waals surface area contributed by atoms with E-state index in [1.807, 2.05) is 4.98 Å². The summed E-state index contributed by atoms with van der Waals surface area (Å²) >= 11 is 1.61. The number of carbonyl (C=O) groups is 1. The first-order valence-corrected chi connectivity index (χ1v) is 6.59. The van der Waals surface area contributed by atoms with Crippen LogP contribution in [0.1, 0.15) is 16.9 Å². The van der Waals surface area contributed by atoms with Gasteiger partial charge in [0, 0.05) is 25.0 Å². The molecule has 0 aliphatic carbocycles. The summed E-state index contributed by atoms with van der Waals surface area (Å²) in [7, 11) is 0. The molecule has 100 valence electrons. The van der Waals surface area contributed by atoms with Gasteiger partial charge in [0.1, 0.15) is 5.69 Å². The van der Waals surface area contributed by atoms with Crippen LogP contribution >= 0.6 is 11.8 Å². The Balaban J connectivity index is 2.36. The summed E-state index contributed by atoms with van der Waals surface area (Å²) in [6.07, 6.45) is 0.722. The second kappa shape index (κ2) is 7.72. The molecule has 0 spiro atoms. The van der Waals surface area contributed by atoms with Crippen molar-refractivity contribution in [3.63, 3.8) is 0 Å². The predicted molar refractivity (Wildman–Crippen MR) is 69.0 cm³/mol. The molecule has 0 aliphatic rings. The van der Waals surface area contributed by atoms with Crippen molar-refractivity contribution < 1.29 is 9.90 Å². The van der Waals surface area contributed by atoms with E-state index in [9.17, 15) is 14.4 Å². The fourth-order valence-electron chi connectivity index (χ4n) is 1.19. The molecule has 8 heteroatoms. The molecular formula is C10H15N3O4S. The zero-order chi connectivity index (χ0) is 13.4. The van der Waals surface area contributed by atoms with Crippen LogP contribution in [0.25, 0.3) is 0 Å². The first kappa shape index (κ1) is 14.5. The Morgan fingerprint density at radius 3 is 2.78 bits per heavy atom. The number of nitrogens with one attached hydrogen (secondary N) is 3. The third-order valence-electron chi connectivity index (χ3n) is 1.98. The molecule has 0 unspecified atom stereocenters. The fraction of sp³-hybridized carbons (Fsp3) is 0.500. The fourth-order valence-corrected chi connectivity index (χ4v) is 1.98. The van der Waals surface area contributed by atoms with E-state index in [0.717, 1.165) is 18.2 Å². The van der Waals surface area contributed by atoms with Crippen molar-refractivity contribution in [1.29, 1.82) is 0 Å². The number of rotatable bonds is 7. The Labute approximate surface area is 107 Å². The summed E-state index contributed by atoms with van der Waals surface area (Å²) < 4.78 is 0. The van der Waals surface area contributed by atoms with Gasteiger partial charge in [0.2, 0.25) is 0 Å². The highest BCUT2D eigenvalue weighted by atomic mass is 32.2. The SMILES string of the molecule is O=C(NCCSCCCO)c1cc(=O)[nH]c(=O)[nH]1. The summed E-state index contributed by atoms with van der Waals surface area (Å²) in [5.74, 6) is 1.05. The van der Waals surface area contributed by atoms with E-state index in [1.54, 1.807) is 11.8 Å². The van der Waals surface area contributed by atoms with Crippen LogP contribution in [0.3, 0.4) is 0 Å². The number of hydrogen-bond donors (Lipinski definition) is 4. The molecule has 1 aromatic heterocycles. The maximum Gasteiger partial charge on any atom is 0.326 e. The van der Waals surface area contributed by atoms with Crippen molar-refractivity contribution >= 4 is 17.7 Å². The molecule has 4 N–H and O–H groups in total. The van der Waals surface area contributed by atoms with E-state index in [-0.39, 0.29) is 12.3 Å². The molecule has 0 fully saturated rings. The Hall–Kier alpha value is -1.54. The van der Waals surface area contributed by atoms with Gasteiger partial charge < -0.3 is 15.4 Å². The van der Waals surface area contributed by atoms with Gasteiger partial charge >= 0.3 is 5.69 Å². The molecule has 0 saturated heterocycles. The second-order valence-electron chi connectivity index (χ2n) is 3.45. The van der Waals surface area contributed by atoms with Crippen LogP contribution in [-0.4, -0.2) is 45.6 Å². The van der Waals surface area contributed by atoms with Gasteiger partial charge in [-0.15, -0.1) is 0 Å². The Bertz CT molecular complexity index is 468. The van der Waals surface area contributed by atoms with E-state index in [1.165, 1.54) is 0 Å². The highest BCUT2D eigenvalue weighted by molar-refractivity contribution is 7.99. The number of H-pyrrole nitrogens is 2. The van der Waals surface area contributed by atoms with E-state index in [2.05, 4.69) is 10.3 Å². The molecule has 18 heavy (non-hydrogen) atoms. The minimum Gasteiger partial charge on any atom is -0.396 e. The molecule has 1 heterocycles. The zero-order valence-corrected chi connectivity index (χ0v) is 10.5. The van der Waals surface area contributed by atoms with Crippen LogP contribution < -0.4 is 16.6 Å². The summed E-state index contributed by atoms with van der Waals surface area (Å²) in [4.78, 5) is 37.7.